The molecule has 0 radical (unpaired) electrons. The van der Waals surface area contributed by atoms with Crippen LogP contribution in [0.4, 0.5) is 0 Å². The Morgan fingerprint density at radius 2 is 1.95 bits per heavy atom. The number of benzene rings is 1. The van der Waals surface area contributed by atoms with Crippen LogP contribution < -0.4 is 0 Å². The highest BCUT2D eigenvalue weighted by Crippen LogP contribution is 2.55. The topological polar surface area (TPSA) is 20.2 Å². The van der Waals surface area contributed by atoms with Gasteiger partial charge in [0.2, 0.25) is 0 Å². The maximum Gasteiger partial charge on any atom is 0.116 e. The highest BCUT2D eigenvalue weighted by Gasteiger charge is 2.43. The van der Waals surface area contributed by atoms with Crippen LogP contribution in [0.5, 0.6) is 5.75 Å². The van der Waals surface area contributed by atoms with Crippen molar-refractivity contribution in [2.24, 2.45) is 5.92 Å². The summed E-state index contributed by atoms with van der Waals surface area (Å²) in [6.07, 6.45) is 13.7. The fourth-order valence-electron chi connectivity index (χ4n) is 4.21. The second-order valence-electron chi connectivity index (χ2n) is 6.93. The SMILES string of the molecule is CCCCC1(C2CCCCCC2)Cc2ccc(O)cc2S1. The van der Waals surface area contributed by atoms with Gasteiger partial charge in [0.1, 0.15) is 5.75 Å². The Bertz CT molecular complexity index is 476. The molecule has 2 heteroatoms. The number of phenols is 1. The summed E-state index contributed by atoms with van der Waals surface area (Å²) in [6.45, 7) is 2.30. The summed E-state index contributed by atoms with van der Waals surface area (Å²) in [7, 11) is 0. The van der Waals surface area contributed by atoms with Crippen molar-refractivity contribution in [3.05, 3.63) is 23.8 Å². The molecule has 0 bridgehead atoms. The first-order chi connectivity index (χ1) is 10.2. The van der Waals surface area contributed by atoms with E-state index in [9.17, 15) is 5.11 Å². The molecule has 1 unspecified atom stereocenters. The molecule has 1 aliphatic carbocycles. The number of phenolic OH excluding ortho intramolecular Hbond substituents is 1. The van der Waals surface area contributed by atoms with Gasteiger partial charge in [0.15, 0.2) is 0 Å². The maximum atomic E-state index is 9.78. The number of unbranched alkanes of at least 4 members (excludes halogenated alkanes) is 1. The van der Waals surface area contributed by atoms with Crippen LogP contribution in [0.15, 0.2) is 23.1 Å². The van der Waals surface area contributed by atoms with E-state index < -0.39 is 0 Å². The largest absolute Gasteiger partial charge is 0.508 e. The molecule has 0 aromatic heterocycles. The van der Waals surface area contributed by atoms with Crippen molar-refractivity contribution in [2.45, 2.75) is 80.8 Å². The van der Waals surface area contributed by atoms with Crippen molar-refractivity contribution in [3.8, 4) is 5.75 Å². The van der Waals surface area contributed by atoms with Gasteiger partial charge in [-0.1, -0.05) is 51.5 Å². The monoisotopic (exact) mass is 304 g/mol. The Morgan fingerprint density at radius 1 is 1.19 bits per heavy atom. The van der Waals surface area contributed by atoms with Crippen molar-refractivity contribution >= 4 is 11.8 Å². The molecule has 21 heavy (non-hydrogen) atoms. The first kappa shape index (κ1) is 15.3. The Kier molecular flexibility index (Phi) is 4.83. The molecule has 1 fully saturated rings. The molecule has 1 aromatic rings. The molecule has 1 aliphatic heterocycles. The molecule has 0 saturated heterocycles. The van der Waals surface area contributed by atoms with E-state index in [0.29, 0.717) is 10.5 Å². The van der Waals surface area contributed by atoms with Crippen LogP contribution in [0.25, 0.3) is 0 Å². The first-order valence-corrected chi connectivity index (χ1v) is 9.56. The molecule has 1 N–H and O–H groups in total. The van der Waals surface area contributed by atoms with Crippen LogP contribution in [0.1, 0.15) is 70.3 Å². The Balaban J connectivity index is 1.85. The summed E-state index contributed by atoms with van der Waals surface area (Å²) < 4.78 is 0.413. The third-order valence-electron chi connectivity index (χ3n) is 5.41. The van der Waals surface area contributed by atoms with E-state index in [-0.39, 0.29) is 0 Å². The summed E-state index contributed by atoms with van der Waals surface area (Å²) in [5.41, 5.74) is 1.47. The standard InChI is InChI=1S/C19H28OS/c1-2-3-12-19(16-8-6-4-5-7-9-16)14-15-10-11-17(20)13-18(15)21-19/h10-11,13,16,20H,2-9,12,14H2,1H3. The fourth-order valence-corrected chi connectivity index (χ4v) is 5.98. The summed E-state index contributed by atoms with van der Waals surface area (Å²) in [5, 5.41) is 9.78. The summed E-state index contributed by atoms with van der Waals surface area (Å²) >= 11 is 2.09. The van der Waals surface area contributed by atoms with Crippen LogP contribution >= 0.6 is 11.8 Å². The number of thioether (sulfide) groups is 1. The average molecular weight is 304 g/mol. The van der Waals surface area contributed by atoms with Gasteiger partial charge >= 0.3 is 0 Å². The molecule has 0 spiro atoms. The van der Waals surface area contributed by atoms with Gasteiger partial charge in [0, 0.05) is 9.64 Å². The Morgan fingerprint density at radius 3 is 2.67 bits per heavy atom. The predicted molar refractivity (Wildman–Crippen MR) is 91.1 cm³/mol. The van der Waals surface area contributed by atoms with Crippen LogP contribution in [0.2, 0.25) is 0 Å². The van der Waals surface area contributed by atoms with Crippen molar-refractivity contribution in [1.82, 2.24) is 0 Å². The Hall–Kier alpha value is -0.630. The zero-order valence-electron chi connectivity index (χ0n) is 13.2. The van der Waals surface area contributed by atoms with Gasteiger partial charge in [0.05, 0.1) is 0 Å². The third-order valence-corrected chi connectivity index (χ3v) is 7.09. The molecule has 1 saturated carbocycles. The highest BCUT2D eigenvalue weighted by atomic mass is 32.2. The molecule has 116 valence electrons. The maximum absolute atomic E-state index is 9.78. The average Bonchev–Trinajstić information content (AvgIpc) is 2.66. The molecule has 2 aliphatic rings. The van der Waals surface area contributed by atoms with Gasteiger partial charge < -0.3 is 5.11 Å². The second-order valence-corrected chi connectivity index (χ2v) is 8.38. The normalized spacial score (nSPS) is 26.5. The lowest BCUT2D eigenvalue weighted by Crippen LogP contribution is -2.34. The number of hydrogen-bond acceptors (Lipinski definition) is 2. The number of fused-ring (bicyclic) bond motifs is 1. The van der Waals surface area contributed by atoms with Gasteiger partial charge in [-0.3, -0.25) is 0 Å². The molecule has 1 aromatic carbocycles. The summed E-state index contributed by atoms with van der Waals surface area (Å²) in [4.78, 5) is 1.34. The van der Waals surface area contributed by atoms with Gasteiger partial charge in [-0.15, -0.1) is 11.8 Å². The van der Waals surface area contributed by atoms with E-state index in [1.54, 1.807) is 0 Å². The van der Waals surface area contributed by atoms with Crippen molar-refractivity contribution in [3.63, 3.8) is 0 Å². The molecule has 1 nitrogen and oxygen atoms in total. The van der Waals surface area contributed by atoms with Crippen LogP contribution in [0, 0.1) is 5.92 Å². The van der Waals surface area contributed by atoms with Crippen LogP contribution in [-0.4, -0.2) is 9.85 Å². The summed E-state index contributed by atoms with van der Waals surface area (Å²) in [5.74, 6) is 1.29. The zero-order valence-corrected chi connectivity index (χ0v) is 14.1. The van der Waals surface area contributed by atoms with Crippen LogP contribution in [0.3, 0.4) is 0 Å². The van der Waals surface area contributed by atoms with Crippen molar-refractivity contribution in [2.75, 3.05) is 0 Å². The molecule has 1 heterocycles. The van der Waals surface area contributed by atoms with E-state index in [1.807, 2.05) is 12.1 Å². The Labute approximate surface area is 133 Å². The molecule has 0 amide bonds. The number of hydrogen-bond donors (Lipinski definition) is 1. The number of rotatable bonds is 4. The van der Waals surface area contributed by atoms with Gasteiger partial charge in [-0.05, 0) is 49.3 Å². The lowest BCUT2D eigenvalue weighted by atomic mass is 9.78. The fraction of sp³-hybridized carbons (Fsp3) is 0.684. The van der Waals surface area contributed by atoms with Gasteiger partial charge in [-0.2, -0.15) is 0 Å². The highest BCUT2D eigenvalue weighted by molar-refractivity contribution is 8.01. The lowest BCUT2D eigenvalue weighted by molar-refractivity contribution is 0.315. The van der Waals surface area contributed by atoms with E-state index in [1.165, 1.54) is 74.7 Å². The van der Waals surface area contributed by atoms with Crippen LogP contribution in [-0.2, 0) is 6.42 Å². The quantitative estimate of drug-likeness (QED) is 0.695. The van der Waals surface area contributed by atoms with Crippen molar-refractivity contribution in [1.29, 1.82) is 0 Å². The predicted octanol–water partition coefficient (Wildman–Crippen LogP) is 5.94. The van der Waals surface area contributed by atoms with Crippen molar-refractivity contribution < 1.29 is 5.11 Å². The smallest absolute Gasteiger partial charge is 0.116 e. The third kappa shape index (κ3) is 3.26. The lowest BCUT2D eigenvalue weighted by Gasteiger charge is -2.37. The minimum atomic E-state index is 0.413. The number of aromatic hydroxyl groups is 1. The summed E-state index contributed by atoms with van der Waals surface area (Å²) in [6, 6.07) is 6.01. The molecule has 3 rings (SSSR count). The van der Waals surface area contributed by atoms with E-state index in [4.69, 9.17) is 0 Å². The van der Waals surface area contributed by atoms with E-state index >= 15 is 0 Å². The molecule has 1 atom stereocenters. The first-order valence-electron chi connectivity index (χ1n) is 8.74. The second kappa shape index (κ2) is 6.64. The minimum absolute atomic E-state index is 0.413. The molecular formula is C19H28OS. The van der Waals surface area contributed by atoms with Gasteiger partial charge in [0.25, 0.3) is 0 Å². The van der Waals surface area contributed by atoms with Gasteiger partial charge in [-0.25, -0.2) is 0 Å². The zero-order chi connectivity index (χ0) is 14.7. The minimum Gasteiger partial charge on any atom is -0.508 e. The molecular weight excluding hydrogens is 276 g/mol. The van der Waals surface area contributed by atoms with E-state index in [2.05, 4.69) is 24.8 Å². The van der Waals surface area contributed by atoms with E-state index in [0.717, 1.165) is 5.92 Å².